The van der Waals surface area contributed by atoms with E-state index in [1.807, 2.05) is 13.0 Å². The van der Waals surface area contributed by atoms with Crippen LogP contribution in [0, 0.1) is 5.41 Å². The molecular weight excluding hydrogens is 268 g/mol. The van der Waals surface area contributed by atoms with Gasteiger partial charge in [-0.15, -0.1) is 0 Å². The van der Waals surface area contributed by atoms with E-state index in [2.05, 4.69) is 19.9 Å². The first-order chi connectivity index (χ1) is 9.64. The molecule has 116 valence electrons. The summed E-state index contributed by atoms with van der Waals surface area (Å²) >= 11 is 0. The van der Waals surface area contributed by atoms with Gasteiger partial charge in [-0.3, -0.25) is 9.59 Å². The highest BCUT2D eigenvalue weighted by Crippen LogP contribution is 2.42. The second-order valence-electron chi connectivity index (χ2n) is 5.89. The maximum absolute atomic E-state index is 11.2. The molecule has 0 saturated heterocycles. The van der Waals surface area contributed by atoms with Crippen LogP contribution in [0.15, 0.2) is 35.1 Å². The minimum absolute atomic E-state index is 0.188. The van der Waals surface area contributed by atoms with E-state index in [0.717, 1.165) is 11.1 Å². The number of carbonyl (C=O) groups is 2. The summed E-state index contributed by atoms with van der Waals surface area (Å²) in [7, 11) is 0. The van der Waals surface area contributed by atoms with E-state index >= 15 is 0 Å². The van der Waals surface area contributed by atoms with E-state index in [1.54, 1.807) is 13.0 Å². The van der Waals surface area contributed by atoms with Crippen molar-refractivity contribution in [3.63, 3.8) is 0 Å². The van der Waals surface area contributed by atoms with Crippen LogP contribution >= 0.6 is 0 Å². The van der Waals surface area contributed by atoms with Gasteiger partial charge in [-0.05, 0) is 25.5 Å². The molecule has 4 heteroatoms. The van der Waals surface area contributed by atoms with Crippen LogP contribution in [-0.4, -0.2) is 18.0 Å². The average molecular weight is 292 g/mol. The number of allylic oxidation sites excluding steroid dienone is 4. The lowest BCUT2D eigenvalue weighted by molar-refractivity contribution is -0.151. The molecule has 0 bridgehead atoms. The van der Waals surface area contributed by atoms with Crippen LogP contribution in [-0.2, 0) is 19.1 Å². The Morgan fingerprint density at radius 2 is 1.86 bits per heavy atom. The minimum Gasteiger partial charge on any atom is -0.461 e. The predicted molar refractivity (Wildman–Crippen MR) is 81.3 cm³/mol. The highest BCUT2D eigenvalue weighted by Gasteiger charge is 2.38. The molecule has 21 heavy (non-hydrogen) atoms. The van der Waals surface area contributed by atoms with Gasteiger partial charge in [-0.2, -0.15) is 0 Å². The number of rotatable bonds is 3. The Labute approximate surface area is 126 Å². The normalized spacial score (nSPS) is 23.5. The van der Waals surface area contributed by atoms with E-state index in [0.29, 0.717) is 12.2 Å². The van der Waals surface area contributed by atoms with Crippen molar-refractivity contribution in [2.75, 3.05) is 0 Å². The van der Waals surface area contributed by atoms with Crippen LogP contribution in [0.3, 0.4) is 0 Å². The van der Waals surface area contributed by atoms with Gasteiger partial charge in [0.25, 0.3) is 0 Å². The van der Waals surface area contributed by atoms with Gasteiger partial charge in [0.1, 0.15) is 11.9 Å². The fourth-order valence-electron chi connectivity index (χ4n) is 2.57. The van der Waals surface area contributed by atoms with Crippen molar-refractivity contribution in [1.82, 2.24) is 0 Å². The Hall–Kier alpha value is -1.84. The first-order valence-electron chi connectivity index (χ1n) is 7.06. The van der Waals surface area contributed by atoms with Crippen molar-refractivity contribution >= 4 is 11.9 Å². The summed E-state index contributed by atoms with van der Waals surface area (Å²) < 4.78 is 10.4. The van der Waals surface area contributed by atoms with Gasteiger partial charge in [0.05, 0.1) is 0 Å². The first kappa shape index (κ1) is 17.2. The lowest BCUT2D eigenvalue weighted by Gasteiger charge is -2.39. The molecule has 0 spiro atoms. The van der Waals surface area contributed by atoms with Crippen LogP contribution in [0.25, 0.3) is 0 Å². The summed E-state index contributed by atoms with van der Waals surface area (Å²) in [4.78, 5) is 22.2. The van der Waals surface area contributed by atoms with Gasteiger partial charge in [-0.1, -0.05) is 31.6 Å². The van der Waals surface area contributed by atoms with Crippen LogP contribution < -0.4 is 0 Å². The second kappa shape index (κ2) is 6.74. The van der Waals surface area contributed by atoms with Crippen molar-refractivity contribution in [3.8, 4) is 0 Å². The first-order valence-corrected chi connectivity index (χ1v) is 7.06. The van der Waals surface area contributed by atoms with Gasteiger partial charge < -0.3 is 9.47 Å². The molecule has 1 rings (SSSR count). The molecule has 1 atom stereocenters. The van der Waals surface area contributed by atoms with Crippen LogP contribution in [0.1, 0.15) is 48.0 Å². The number of esters is 2. The van der Waals surface area contributed by atoms with Crippen molar-refractivity contribution in [3.05, 3.63) is 35.1 Å². The summed E-state index contributed by atoms with van der Waals surface area (Å²) in [6.07, 6.45) is 6.29. The maximum atomic E-state index is 11.2. The lowest BCUT2D eigenvalue weighted by Crippen LogP contribution is -2.37. The van der Waals surface area contributed by atoms with Gasteiger partial charge in [0.15, 0.2) is 0 Å². The monoisotopic (exact) mass is 292 g/mol. The lowest BCUT2D eigenvalue weighted by atomic mass is 9.71. The molecule has 4 nitrogen and oxygen atoms in total. The topological polar surface area (TPSA) is 52.6 Å². The Kier molecular flexibility index (Phi) is 5.53. The molecule has 0 radical (unpaired) electrons. The number of ether oxygens (including phenoxy) is 2. The highest BCUT2D eigenvalue weighted by molar-refractivity contribution is 5.67. The van der Waals surface area contributed by atoms with Crippen LogP contribution in [0.4, 0.5) is 0 Å². The molecular formula is C17H24O4. The number of hydrogen-bond donors (Lipinski definition) is 0. The molecule has 0 fully saturated rings. The molecule has 0 N–H and O–H groups in total. The standard InChI is InChI=1S/C17H24O4/c1-11-7-10-16(21-14(4)19)17(5,6)15(11)9-8-12(2)20-13(3)18/h7-9,16H,10H2,1-6H3/b12-8-,15-9-. The Bertz CT molecular complexity index is 521. The zero-order valence-corrected chi connectivity index (χ0v) is 13.6. The third-order valence-corrected chi connectivity index (χ3v) is 3.66. The van der Waals surface area contributed by atoms with Crippen molar-refractivity contribution in [2.24, 2.45) is 5.41 Å². The van der Waals surface area contributed by atoms with Crippen molar-refractivity contribution in [1.29, 1.82) is 0 Å². The smallest absolute Gasteiger partial charge is 0.307 e. The Balaban J connectivity index is 3.07. The van der Waals surface area contributed by atoms with Gasteiger partial charge in [0, 0.05) is 25.7 Å². The summed E-state index contributed by atoms with van der Waals surface area (Å²) in [5, 5.41) is 0. The molecule has 0 aromatic heterocycles. The molecule has 0 saturated carbocycles. The third kappa shape index (κ3) is 4.59. The molecule has 0 amide bonds. The average Bonchev–Trinajstić information content (AvgIpc) is 2.31. The van der Waals surface area contributed by atoms with Crippen LogP contribution in [0.2, 0.25) is 0 Å². The zero-order chi connectivity index (χ0) is 16.2. The number of carbonyl (C=O) groups excluding carboxylic acids is 2. The van der Waals surface area contributed by atoms with Crippen molar-refractivity contribution in [2.45, 2.75) is 54.1 Å². The van der Waals surface area contributed by atoms with E-state index in [4.69, 9.17) is 9.47 Å². The van der Waals surface area contributed by atoms with E-state index in [9.17, 15) is 9.59 Å². The SMILES string of the molecule is CC(=O)O/C(C)=C\C=C1\C(C)=CCC(OC(C)=O)C1(C)C. The van der Waals surface area contributed by atoms with Gasteiger partial charge in [-0.25, -0.2) is 0 Å². The highest BCUT2D eigenvalue weighted by atomic mass is 16.5. The maximum Gasteiger partial charge on any atom is 0.307 e. The Morgan fingerprint density at radius 3 is 2.38 bits per heavy atom. The van der Waals surface area contributed by atoms with E-state index in [-0.39, 0.29) is 23.5 Å². The predicted octanol–water partition coefficient (Wildman–Crippen LogP) is 3.69. The van der Waals surface area contributed by atoms with Crippen molar-refractivity contribution < 1.29 is 19.1 Å². The summed E-state index contributed by atoms with van der Waals surface area (Å²) in [5.74, 6) is -0.0738. The van der Waals surface area contributed by atoms with E-state index < -0.39 is 0 Å². The molecule has 1 aliphatic carbocycles. The van der Waals surface area contributed by atoms with Gasteiger partial charge in [0.2, 0.25) is 0 Å². The zero-order valence-electron chi connectivity index (χ0n) is 13.6. The second-order valence-corrected chi connectivity index (χ2v) is 5.89. The fraction of sp³-hybridized carbons (Fsp3) is 0.529. The molecule has 1 unspecified atom stereocenters. The molecule has 0 aliphatic heterocycles. The van der Waals surface area contributed by atoms with Crippen LogP contribution in [0.5, 0.6) is 0 Å². The number of hydrogen-bond acceptors (Lipinski definition) is 4. The fourth-order valence-corrected chi connectivity index (χ4v) is 2.57. The minimum atomic E-state index is -0.338. The summed E-state index contributed by atoms with van der Waals surface area (Å²) in [6, 6.07) is 0. The third-order valence-electron chi connectivity index (χ3n) is 3.66. The quantitative estimate of drug-likeness (QED) is 0.588. The molecule has 0 aromatic rings. The van der Waals surface area contributed by atoms with Gasteiger partial charge >= 0.3 is 11.9 Å². The Morgan fingerprint density at radius 1 is 1.24 bits per heavy atom. The summed E-state index contributed by atoms with van der Waals surface area (Å²) in [5.41, 5.74) is 1.93. The molecule has 0 aromatic carbocycles. The molecule has 1 aliphatic rings. The largest absolute Gasteiger partial charge is 0.461 e. The summed E-state index contributed by atoms with van der Waals surface area (Å²) in [6.45, 7) is 10.7. The molecule has 0 heterocycles. The van der Waals surface area contributed by atoms with E-state index in [1.165, 1.54) is 13.8 Å².